The average Bonchev–Trinajstić information content (AvgIpc) is 3.19. The van der Waals surface area contributed by atoms with E-state index in [1.54, 1.807) is 0 Å². The maximum atomic E-state index is 14.2. The van der Waals surface area contributed by atoms with Crippen LogP contribution in [0.5, 0.6) is 0 Å². The molecule has 0 spiro atoms. The highest BCUT2D eigenvalue weighted by atomic mass is 19.1. The molecule has 2 aliphatic heterocycles. The van der Waals surface area contributed by atoms with Crippen molar-refractivity contribution in [1.82, 2.24) is 24.6 Å². The van der Waals surface area contributed by atoms with E-state index in [0.29, 0.717) is 23.5 Å². The quantitative estimate of drug-likeness (QED) is 0.582. The fourth-order valence-corrected chi connectivity index (χ4v) is 5.32. The highest BCUT2D eigenvalue weighted by Crippen LogP contribution is 2.35. The summed E-state index contributed by atoms with van der Waals surface area (Å²) in [6, 6.07) is 2.72. The summed E-state index contributed by atoms with van der Waals surface area (Å²) in [5.41, 5.74) is 10.3. The van der Waals surface area contributed by atoms with E-state index in [1.165, 1.54) is 6.07 Å². The van der Waals surface area contributed by atoms with Crippen molar-refractivity contribution in [3.63, 3.8) is 0 Å². The molecular formula is C26H32F2N8. The van der Waals surface area contributed by atoms with Crippen molar-refractivity contribution in [2.45, 2.75) is 39.2 Å². The molecule has 1 aromatic carbocycles. The summed E-state index contributed by atoms with van der Waals surface area (Å²) in [7, 11) is 3.85. The van der Waals surface area contributed by atoms with Crippen LogP contribution in [0, 0.1) is 25.5 Å². The van der Waals surface area contributed by atoms with Crippen LogP contribution >= 0.6 is 0 Å². The average molecular weight is 495 g/mol. The number of rotatable bonds is 5. The number of hydrogen-bond acceptors (Lipinski definition) is 7. The van der Waals surface area contributed by atoms with E-state index >= 15 is 0 Å². The van der Waals surface area contributed by atoms with Gasteiger partial charge >= 0.3 is 0 Å². The molecule has 36 heavy (non-hydrogen) atoms. The summed E-state index contributed by atoms with van der Waals surface area (Å²) in [6.07, 6.45) is 8.38. The van der Waals surface area contributed by atoms with Gasteiger partial charge in [0, 0.05) is 68.3 Å². The van der Waals surface area contributed by atoms with Crippen LogP contribution in [0.15, 0.2) is 30.6 Å². The summed E-state index contributed by atoms with van der Waals surface area (Å²) < 4.78 is 29.9. The standard InChI is InChI=1S/C26H32F2N8/c1-16-24(33(3)4)31-26(29)32-25(16)36-17(2)18(14-30-36)6-5-9-34-10-11-35-20(15-34)7-8-21-22(28)12-19(27)13-23(21)35/h5,9,12-14,20H,6-8,10-11,15H2,1-4H3,(H2,29,31,32). The van der Waals surface area contributed by atoms with Gasteiger partial charge < -0.3 is 20.4 Å². The smallest absolute Gasteiger partial charge is 0.224 e. The summed E-state index contributed by atoms with van der Waals surface area (Å²) in [5.74, 6) is 0.720. The predicted molar refractivity (Wildman–Crippen MR) is 138 cm³/mol. The third kappa shape index (κ3) is 4.36. The number of anilines is 3. The number of hydrogen-bond donors (Lipinski definition) is 1. The molecule has 2 N–H and O–H groups in total. The number of aromatic nitrogens is 4. The monoisotopic (exact) mass is 494 g/mol. The van der Waals surface area contributed by atoms with Gasteiger partial charge in [0.15, 0.2) is 5.82 Å². The Balaban J connectivity index is 1.27. The summed E-state index contributed by atoms with van der Waals surface area (Å²) >= 11 is 0. The molecule has 3 aromatic rings. The number of nitrogens with zero attached hydrogens (tertiary/aromatic N) is 7. The topological polar surface area (TPSA) is 79.3 Å². The van der Waals surface area contributed by atoms with Crippen LogP contribution in [0.4, 0.5) is 26.2 Å². The SMILES string of the molecule is Cc1c(N(C)C)nc(N)nc1-n1ncc(CC=CN2CCN3c4cc(F)cc(F)c4CCC3C2)c1C. The first-order chi connectivity index (χ1) is 17.2. The summed E-state index contributed by atoms with van der Waals surface area (Å²) in [5, 5.41) is 4.58. The van der Waals surface area contributed by atoms with Crippen molar-refractivity contribution in [1.29, 1.82) is 0 Å². The molecule has 0 aliphatic carbocycles. The number of nitrogens with two attached hydrogens (primary N) is 1. The number of nitrogen functional groups attached to an aromatic ring is 1. The third-order valence-electron chi connectivity index (χ3n) is 7.19. The Kier molecular flexibility index (Phi) is 6.27. The Labute approximate surface area is 210 Å². The lowest BCUT2D eigenvalue weighted by molar-refractivity contribution is 0.281. The van der Waals surface area contributed by atoms with Crippen LogP contribution in [0.2, 0.25) is 0 Å². The fraction of sp³-hybridized carbons (Fsp3) is 0.423. The normalized spacial score (nSPS) is 17.4. The minimum absolute atomic E-state index is 0.214. The molecule has 1 saturated heterocycles. The zero-order valence-electron chi connectivity index (χ0n) is 21.2. The molecule has 10 heteroatoms. The van der Waals surface area contributed by atoms with Gasteiger partial charge in [0.1, 0.15) is 17.5 Å². The largest absolute Gasteiger partial charge is 0.374 e. The van der Waals surface area contributed by atoms with Gasteiger partial charge in [0.05, 0.1) is 6.20 Å². The van der Waals surface area contributed by atoms with E-state index in [2.05, 4.69) is 37.1 Å². The molecular weight excluding hydrogens is 462 g/mol. The highest BCUT2D eigenvalue weighted by Gasteiger charge is 2.32. The number of benzene rings is 1. The second kappa shape index (κ2) is 9.40. The molecule has 0 radical (unpaired) electrons. The van der Waals surface area contributed by atoms with Gasteiger partial charge in [-0.25, -0.2) is 13.5 Å². The molecule has 4 heterocycles. The number of allylic oxidation sites excluding steroid dienone is 1. The minimum atomic E-state index is -0.511. The van der Waals surface area contributed by atoms with Crippen LogP contribution in [0.3, 0.4) is 0 Å². The van der Waals surface area contributed by atoms with E-state index in [1.807, 2.05) is 43.7 Å². The van der Waals surface area contributed by atoms with Gasteiger partial charge in [-0.3, -0.25) is 0 Å². The van der Waals surface area contributed by atoms with E-state index < -0.39 is 11.6 Å². The molecule has 1 unspecified atom stereocenters. The molecule has 0 bridgehead atoms. The zero-order chi connectivity index (χ0) is 25.6. The van der Waals surface area contributed by atoms with Gasteiger partial charge in [-0.05, 0) is 50.9 Å². The molecule has 0 amide bonds. The molecule has 0 saturated carbocycles. The van der Waals surface area contributed by atoms with E-state index in [0.717, 1.165) is 61.2 Å². The van der Waals surface area contributed by atoms with E-state index in [4.69, 9.17) is 5.73 Å². The fourth-order valence-electron chi connectivity index (χ4n) is 5.32. The third-order valence-corrected chi connectivity index (χ3v) is 7.19. The van der Waals surface area contributed by atoms with Gasteiger partial charge in [-0.2, -0.15) is 15.1 Å². The molecule has 1 fully saturated rings. The van der Waals surface area contributed by atoms with Crippen LogP contribution in [0.1, 0.15) is 28.8 Å². The van der Waals surface area contributed by atoms with Crippen molar-refractivity contribution in [2.75, 3.05) is 49.3 Å². The van der Waals surface area contributed by atoms with Crippen LogP contribution in [-0.2, 0) is 12.8 Å². The van der Waals surface area contributed by atoms with E-state index in [-0.39, 0.29) is 12.0 Å². The van der Waals surface area contributed by atoms with Crippen molar-refractivity contribution < 1.29 is 8.78 Å². The number of piperazine rings is 1. The molecule has 1 atom stereocenters. The molecule has 5 rings (SSSR count). The molecule has 2 aliphatic rings. The summed E-state index contributed by atoms with van der Waals surface area (Å²) in [4.78, 5) is 15.2. The first-order valence-corrected chi connectivity index (χ1v) is 12.2. The maximum absolute atomic E-state index is 14.2. The Bertz CT molecular complexity index is 1320. The Morgan fingerprint density at radius 2 is 1.97 bits per heavy atom. The van der Waals surface area contributed by atoms with Crippen LogP contribution in [-0.4, -0.2) is 64.4 Å². The minimum Gasteiger partial charge on any atom is -0.374 e. The summed E-state index contributed by atoms with van der Waals surface area (Å²) in [6.45, 7) is 6.37. The predicted octanol–water partition coefficient (Wildman–Crippen LogP) is 3.40. The first-order valence-electron chi connectivity index (χ1n) is 12.2. The maximum Gasteiger partial charge on any atom is 0.224 e. The number of fused-ring (bicyclic) bond motifs is 3. The Morgan fingerprint density at radius 1 is 1.17 bits per heavy atom. The van der Waals surface area contributed by atoms with Gasteiger partial charge in [0.2, 0.25) is 5.95 Å². The highest BCUT2D eigenvalue weighted by molar-refractivity contribution is 5.58. The lowest BCUT2D eigenvalue weighted by Crippen LogP contribution is -2.53. The first kappa shape index (κ1) is 24.0. The second-order valence-corrected chi connectivity index (χ2v) is 9.77. The molecule has 8 nitrogen and oxygen atoms in total. The Morgan fingerprint density at radius 3 is 2.75 bits per heavy atom. The lowest BCUT2D eigenvalue weighted by atomic mass is 9.93. The van der Waals surface area contributed by atoms with Crippen LogP contribution in [0.25, 0.3) is 5.82 Å². The zero-order valence-corrected chi connectivity index (χ0v) is 21.2. The van der Waals surface area contributed by atoms with Crippen molar-refractivity contribution >= 4 is 17.5 Å². The van der Waals surface area contributed by atoms with E-state index in [9.17, 15) is 8.78 Å². The van der Waals surface area contributed by atoms with Crippen molar-refractivity contribution in [3.05, 3.63) is 64.6 Å². The van der Waals surface area contributed by atoms with Crippen molar-refractivity contribution in [3.8, 4) is 5.82 Å². The number of halogens is 2. The second-order valence-electron chi connectivity index (χ2n) is 9.77. The van der Waals surface area contributed by atoms with Gasteiger partial charge in [-0.15, -0.1) is 0 Å². The lowest BCUT2D eigenvalue weighted by Gasteiger charge is -2.46. The van der Waals surface area contributed by atoms with Gasteiger partial charge in [-0.1, -0.05) is 6.08 Å². The van der Waals surface area contributed by atoms with Crippen LogP contribution < -0.4 is 15.5 Å². The Hall–Kier alpha value is -3.69. The molecule has 2 aromatic heterocycles. The molecule has 190 valence electrons. The van der Waals surface area contributed by atoms with Gasteiger partial charge in [0.25, 0.3) is 0 Å². The van der Waals surface area contributed by atoms with Crippen molar-refractivity contribution in [2.24, 2.45) is 0 Å².